The average molecular weight is 289 g/mol. The van der Waals surface area contributed by atoms with E-state index in [-0.39, 0.29) is 0 Å². The lowest BCUT2D eigenvalue weighted by Crippen LogP contribution is -2.03. The fourth-order valence-electron chi connectivity index (χ4n) is 3.14. The van der Waals surface area contributed by atoms with E-state index in [1.54, 1.807) is 0 Å². The molecule has 2 aromatic heterocycles. The first-order valence-electron chi connectivity index (χ1n) is 7.87. The molecule has 0 fully saturated rings. The molecule has 1 aliphatic carbocycles. The molecule has 0 saturated heterocycles. The van der Waals surface area contributed by atoms with Crippen LogP contribution in [0.2, 0.25) is 0 Å². The van der Waals surface area contributed by atoms with Crippen LogP contribution >= 0.6 is 0 Å². The highest BCUT2D eigenvalue weighted by Gasteiger charge is 2.14. The van der Waals surface area contributed by atoms with Crippen molar-refractivity contribution >= 4 is 17.0 Å². The van der Waals surface area contributed by atoms with Crippen LogP contribution in [0.5, 0.6) is 0 Å². The Bertz CT molecular complexity index is 858. The second-order valence-electron chi connectivity index (χ2n) is 5.86. The first-order chi connectivity index (χ1) is 10.8. The molecule has 0 amide bonds. The summed E-state index contributed by atoms with van der Waals surface area (Å²) in [5.74, 6) is 1.16. The number of hydrogen-bond acceptors (Lipinski definition) is 2. The maximum absolute atomic E-state index is 4.81. The van der Waals surface area contributed by atoms with Gasteiger partial charge in [0.15, 0.2) is 0 Å². The Balaban J connectivity index is 1.56. The van der Waals surface area contributed by atoms with Crippen LogP contribution in [0.15, 0.2) is 42.5 Å². The third kappa shape index (κ3) is 2.33. The molecule has 0 saturated carbocycles. The molecule has 22 heavy (non-hydrogen) atoms. The number of rotatable bonds is 3. The molecule has 3 aromatic rings. The first-order valence-corrected chi connectivity index (χ1v) is 7.87. The predicted octanol–water partition coefficient (Wildman–Crippen LogP) is 3.71. The van der Waals surface area contributed by atoms with E-state index < -0.39 is 0 Å². The second kappa shape index (κ2) is 5.41. The van der Waals surface area contributed by atoms with Crippen molar-refractivity contribution in [3.8, 4) is 0 Å². The third-order valence-electron chi connectivity index (χ3n) is 4.39. The molecule has 3 heteroatoms. The van der Waals surface area contributed by atoms with E-state index in [4.69, 9.17) is 9.97 Å². The smallest absolute Gasteiger partial charge is 0.109 e. The molecule has 0 aliphatic heterocycles. The van der Waals surface area contributed by atoms with Crippen LogP contribution in [0.25, 0.3) is 17.0 Å². The van der Waals surface area contributed by atoms with Gasteiger partial charge in [-0.1, -0.05) is 30.3 Å². The normalized spacial score (nSPS) is 13.5. The molecular formula is C19H19N3. The summed E-state index contributed by atoms with van der Waals surface area (Å²) in [6.45, 7) is 0. The number of benzene rings is 1. The fourth-order valence-corrected chi connectivity index (χ4v) is 3.14. The highest BCUT2D eigenvalue weighted by molar-refractivity contribution is 5.78. The Morgan fingerprint density at radius 2 is 1.95 bits per heavy atom. The Labute approximate surface area is 130 Å². The van der Waals surface area contributed by atoms with E-state index in [1.165, 1.54) is 16.8 Å². The number of para-hydroxylation sites is 1. The summed E-state index contributed by atoms with van der Waals surface area (Å²) in [5.41, 5.74) is 4.72. The minimum absolute atomic E-state index is 0.929. The van der Waals surface area contributed by atoms with E-state index in [9.17, 15) is 0 Å². The summed E-state index contributed by atoms with van der Waals surface area (Å²) in [4.78, 5) is 9.56. The quantitative estimate of drug-likeness (QED) is 0.736. The van der Waals surface area contributed by atoms with Crippen molar-refractivity contribution < 1.29 is 0 Å². The predicted molar refractivity (Wildman–Crippen MR) is 89.7 cm³/mol. The second-order valence-corrected chi connectivity index (χ2v) is 5.86. The Morgan fingerprint density at radius 1 is 1.05 bits per heavy atom. The number of hydrogen-bond donors (Lipinski definition) is 0. The zero-order valence-corrected chi connectivity index (χ0v) is 12.8. The monoisotopic (exact) mass is 289 g/mol. The van der Waals surface area contributed by atoms with E-state index in [0.29, 0.717) is 0 Å². The van der Waals surface area contributed by atoms with Crippen molar-refractivity contribution in [1.29, 1.82) is 0 Å². The lowest BCUT2D eigenvalue weighted by Gasteiger charge is -2.06. The number of aromatic nitrogens is 3. The standard InChI is InChI=1S/C19H19N3/c1-22-18-9-5-4-8-17(18)21-19(22)13-12-15-11-10-14-6-2-3-7-16(14)20-15/h2-3,5-7,9-11H,4,8,12-13H2,1H3. The van der Waals surface area contributed by atoms with Crippen LogP contribution in [0.3, 0.4) is 0 Å². The minimum Gasteiger partial charge on any atom is -0.331 e. The molecular weight excluding hydrogens is 270 g/mol. The van der Waals surface area contributed by atoms with Gasteiger partial charge in [-0.3, -0.25) is 4.98 Å². The van der Waals surface area contributed by atoms with Gasteiger partial charge in [0.25, 0.3) is 0 Å². The van der Waals surface area contributed by atoms with Gasteiger partial charge < -0.3 is 4.57 Å². The molecule has 0 atom stereocenters. The molecule has 1 aliphatic rings. The Hall–Kier alpha value is -2.42. The topological polar surface area (TPSA) is 30.7 Å². The third-order valence-corrected chi connectivity index (χ3v) is 4.39. The molecule has 0 bridgehead atoms. The summed E-state index contributed by atoms with van der Waals surface area (Å²) in [6, 6.07) is 12.6. The van der Waals surface area contributed by atoms with Gasteiger partial charge in [0.05, 0.1) is 16.9 Å². The van der Waals surface area contributed by atoms with Crippen molar-refractivity contribution in [3.05, 3.63) is 65.4 Å². The number of fused-ring (bicyclic) bond motifs is 2. The molecule has 3 nitrogen and oxygen atoms in total. The van der Waals surface area contributed by atoms with Gasteiger partial charge in [0.1, 0.15) is 5.82 Å². The minimum atomic E-state index is 0.929. The highest BCUT2D eigenvalue weighted by Crippen LogP contribution is 2.20. The first kappa shape index (κ1) is 13.3. The molecule has 0 unspecified atom stereocenters. The zero-order valence-electron chi connectivity index (χ0n) is 12.8. The number of aryl methyl sites for hydroxylation is 3. The van der Waals surface area contributed by atoms with Crippen molar-refractivity contribution in [1.82, 2.24) is 14.5 Å². The van der Waals surface area contributed by atoms with E-state index in [2.05, 4.69) is 54.1 Å². The van der Waals surface area contributed by atoms with Crippen LogP contribution in [-0.2, 0) is 26.3 Å². The maximum Gasteiger partial charge on any atom is 0.109 e. The molecule has 0 radical (unpaired) electrons. The van der Waals surface area contributed by atoms with Gasteiger partial charge in [-0.05, 0) is 37.5 Å². The summed E-state index contributed by atoms with van der Waals surface area (Å²) >= 11 is 0. The molecule has 4 rings (SSSR count). The lowest BCUT2D eigenvalue weighted by molar-refractivity contribution is 0.759. The van der Waals surface area contributed by atoms with Crippen molar-refractivity contribution in [3.63, 3.8) is 0 Å². The van der Waals surface area contributed by atoms with Gasteiger partial charge in [0.2, 0.25) is 0 Å². The van der Waals surface area contributed by atoms with Gasteiger partial charge in [-0.25, -0.2) is 4.98 Å². The number of imidazole rings is 1. The number of nitrogens with zero attached hydrogens (tertiary/aromatic N) is 3. The van der Waals surface area contributed by atoms with E-state index in [0.717, 1.165) is 42.7 Å². The largest absolute Gasteiger partial charge is 0.331 e. The highest BCUT2D eigenvalue weighted by atomic mass is 15.1. The van der Waals surface area contributed by atoms with Crippen LogP contribution in [0, 0.1) is 0 Å². The van der Waals surface area contributed by atoms with Gasteiger partial charge in [-0.15, -0.1) is 0 Å². The van der Waals surface area contributed by atoms with Crippen LogP contribution in [0.1, 0.15) is 29.3 Å². The molecule has 110 valence electrons. The molecule has 0 N–H and O–H groups in total. The van der Waals surface area contributed by atoms with E-state index in [1.807, 2.05) is 6.07 Å². The summed E-state index contributed by atoms with van der Waals surface area (Å²) < 4.78 is 2.23. The summed E-state index contributed by atoms with van der Waals surface area (Å²) in [7, 11) is 2.12. The molecule has 2 heterocycles. The lowest BCUT2D eigenvalue weighted by atomic mass is 10.1. The van der Waals surface area contributed by atoms with Crippen LogP contribution in [-0.4, -0.2) is 14.5 Å². The zero-order chi connectivity index (χ0) is 14.9. The van der Waals surface area contributed by atoms with Crippen molar-refractivity contribution in [2.24, 2.45) is 7.05 Å². The van der Waals surface area contributed by atoms with Gasteiger partial charge in [-0.2, -0.15) is 0 Å². The summed E-state index contributed by atoms with van der Waals surface area (Å²) in [5, 5.41) is 1.20. The van der Waals surface area contributed by atoms with Crippen LogP contribution in [0.4, 0.5) is 0 Å². The van der Waals surface area contributed by atoms with Gasteiger partial charge in [0, 0.05) is 24.5 Å². The number of allylic oxidation sites excluding steroid dienone is 1. The Morgan fingerprint density at radius 3 is 2.86 bits per heavy atom. The maximum atomic E-state index is 4.81. The fraction of sp³-hybridized carbons (Fsp3) is 0.263. The van der Waals surface area contributed by atoms with Crippen molar-refractivity contribution in [2.45, 2.75) is 25.7 Å². The van der Waals surface area contributed by atoms with E-state index >= 15 is 0 Å². The average Bonchev–Trinajstić information content (AvgIpc) is 2.89. The Kier molecular flexibility index (Phi) is 3.26. The molecule has 0 spiro atoms. The van der Waals surface area contributed by atoms with Gasteiger partial charge >= 0.3 is 0 Å². The molecule has 1 aromatic carbocycles. The summed E-state index contributed by atoms with van der Waals surface area (Å²) in [6.07, 6.45) is 8.47. The van der Waals surface area contributed by atoms with Crippen molar-refractivity contribution in [2.75, 3.05) is 0 Å². The SMILES string of the molecule is Cn1c(CCc2ccc3ccccc3n2)nc2c1C=CCC2. The van der Waals surface area contributed by atoms with Crippen LogP contribution < -0.4 is 0 Å². The number of pyridine rings is 1.